The van der Waals surface area contributed by atoms with E-state index in [-0.39, 0.29) is 6.71 Å². The SMILES string of the molecule is Brc1cccc2c1-c1cc3ccccc3c3ccc4c(c13)B2c1cccc2cccc-4c12. The van der Waals surface area contributed by atoms with E-state index in [0.717, 1.165) is 0 Å². The molecule has 0 aliphatic carbocycles. The molecule has 0 saturated carbocycles. The molecular weight excluding hydrogens is 451 g/mol. The van der Waals surface area contributed by atoms with Gasteiger partial charge in [-0.3, -0.25) is 0 Å². The van der Waals surface area contributed by atoms with Crippen LogP contribution in [0, 0.1) is 0 Å². The third-order valence-electron chi connectivity index (χ3n) is 7.52. The average Bonchev–Trinajstić information content (AvgIpc) is 2.84. The molecule has 2 heterocycles. The normalized spacial score (nSPS) is 13.1. The maximum atomic E-state index is 3.92. The molecule has 0 amide bonds. The second-order valence-corrected chi connectivity index (χ2v) is 9.84. The zero-order chi connectivity index (χ0) is 21.0. The van der Waals surface area contributed by atoms with Gasteiger partial charge in [0.2, 0.25) is 6.71 Å². The number of benzene rings is 6. The minimum atomic E-state index is 0.244. The van der Waals surface area contributed by atoms with Gasteiger partial charge in [-0.2, -0.15) is 0 Å². The molecule has 0 spiro atoms. The molecule has 6 aromatic rings. The van der Waals surface area contributed by atoms with Gasteiger partial charge in [-0.05, 0) is 66.7 Å². The Labute approximate surface area is 194 Å². The van der Waals surface area contributed by atoms with Gasteiger partial charge in [0.05, 0.1) is 0 Å². The Morgan fingerprint density at radius 1 is 0.531 bits per heavy atom. The van der Waals surface area contributed by atoms with E-state index in [4.69, 9.17) is 0 Å². The smallest absolute Gasteiger partial charge is 0.0663 e. The lowest BCUT2D eigenvalue weighted by Gasteiger charge is -2.34. The topological polar surface area (TPSA) is 0 Å². The summed E-state index contributed by atoms with van der Waals surface area (Å²) in [6.45, 7) is 0.244. The highest BCUT2D eigenvalue weighted by molar-refractivity contribution is 9.10. The van der Waals surface area contributed by atoms with Gasteiger partial charge in [-0.1, -0.05) is 117 Å². The minimum absolute atomic E-state index is 0.244. The summed E-state index contributed by atoms with van der Waals surface area (Å²) in [5.74, 6) is 0. The third kappa shape index (κ3) is 1.96. The molecule has 0 bridgehead atoms. The molecule has 146 valence electrons. The lowest BCUT2D eigenvalue weighted by atomic mass is 9.31. The fraction of sp³-hybridized carbons (Fsp3) is 0. The fourth-order valence-corrected chi connectivity index (χ4v) is 6.94. The fourth-order valence-electron chi connectivity index (χ4n) is 6.34. The van der Waals surface area contributed by atoms with Crippen LogP contribution in [0.1, 0.15) is 0 Å². The van der Waals surface area contributed by atoms with Crippen LogP contribution in [0.5, 0.6) is 0 Å². The monoisotopic (exact) mass is 466 g/mol. The number of halogens is 1. The van der Waals surface area contributed by atoms with Gasteiger partial charge in [-0.15, -0.1) is 0 Å². The van der Waals surface area contributed by atoms with Crippen LogP contribution in [0.15, 0.2) is 102 Å². The van der Waals surface area contributed by atoms with Crippen LogP contribution in [-0.2, 0) is 0 Å². The summed E-state index contributed by atoms with van der Waals surface area (Å²) < 4.78 is 1.17. The first-order chi connectivity index (χ1) is 15.8. The molecule has 0 aromatic heterocycles. The Kier molecular flexibility index (Phi) is 3.18. The van der Waals surface area contributed by atoms with Crippen molar-refractivity contribution in [1.82, 2.24) is 0 Å². The van der Waals surface area contributed by atoms with Crippen molar-refractivity contribution >= 4 is 71.3 Å². The third-order valence-corrected chi connectivity index (χ3v) is 8.18. The van der Waals surface area contributed by atoms with Crippen LogP contribution in [0.4, 0.5) is 0 Å². The zero-order valence-corrected chi connectivity index (χ0v) is 18.8. The van der Waals surface area contributed by atoms with Crippen LogP contribution in [0.2, 0.25) is 0 Å². The Hall–Kier alpha value is -3.36. The lowest BCUT2D eigenvalue weighted by molar-refractivity contribution is 1.62. The molecule has 32 heavy (non-hydrogen) atoms. The highest BCUT2D eigenvalue weighted by atomic mass is 79.9. The van der Waals surface area contributed by atoms with Crippen molar-refractivity contribution in [2.24, 2.45) is 0 Å². The second kappa shape index (κ2) is 5.91. The van der Waals surface area contributed by atoms with E-state index in [9.17, 15) is 0 Å². The molecule has 2 heteroatoms. The van der Waals surface area contributed by atoms with Crippen molar-refractivity contribution in [2.75, 3.05) is 0 Å². The van der Waals surface area contributed by atoms with E-state index in [0.29, 0.717) is 0 Å². The van der Waals surface area contributed by atoms with Crippen molar-refractivity contribution < 1.29 is 0 Å². The first kappa shape index (κ1) is 17.2. The van der Waals surface area contributed by atoms with Crippen molar-refractivity contribution in [3.63, 3.8) is 0 Å². The van der Waals surface area contributed by atoms with Crippen molar-refractivity contribution in [2.45, 2.75) is 0 Å². The van der Waals surface area contributed by atoms with E-state index >= 15 is 0 Å². The van der Waals surface area contributed by atoms with Crippen LogP contribution in [0.3, 0.4) is 0 Å². The van der Waals surface area contributed by atoms with Crippen LogP contribution >= 0.6 is 15.9 Å². The molecule has 0 unspecified atom stereocenters. The quantitative estimate of drug-likeness (QED) is 0.179. The highest BCUT2D eigenvalue weighted by Gasteiger charge is 2.38. The summed E-state index contributed by atoms with van der Waals surface area (Å²) in [6, 6.07) is 36.2. The Bertz CT molecular complexity index is 1790. The molecular formula is C30H16BBr. The lowest BCUT2D eigenvalue weighted by Crippen LogP contribution is -2.57. The van der Waals surface area contributed by atoms with E-state index in [1.807, 2.05) is 0 Å². The van der Waals surface area contributed by atoms with Crippen molar-refractivity contribution in [3.05, 3.63) is 102 Å². The van der Waals surface area contributed by atoms with Crippen LogP contribution in [0.25, 0.3) is 54.6 Å². The molecule has 0 nitrogen and oxygen atoms in total. The van der Waals surface area contributed by atoms with Gasteiger partial charge in [0.25, 0.3) is 0 Å². The van der Waals surface area contributed by atoms with E-state index < -0.39 is 0 Å². The predicted molar refractivity (Wildman–Crippen MR) is 142 cm³/mol. The van der Waals surface area contributed by atoms with Crippen molar-refractivity contribution in [3.8, 4) is 22.3 Å². The Morgan fingerprint density at radius 3 is 2.25 bits per heavy atom. The van der Waals surface area contributed by atoms with Crippen LogP contribution in [-0.4, -0.2) is 6.71 Å². The number of hydrogen-bond donors (Lipinski definition) is 0. The van der Waals surface area contributed by atoms with Crippen molar-refractivity contribution in [1.29, 1.82) is 0 Å². The van der Waals surface area contributed by atoms with Gasteiger partial charge in [-0.25, -0.2) is 0 Å². The minimum Gasteiger partial charge on any atom is -0.0663 e. The summed E-state index contributed by atoms with van der Waals surface area (Å²) >= 11 is 3.92. The highest BCUT2D eigenvalue weighted by Crippen LogP contribution is 2.43. The summed E-state index contributed by atoms with van der Waals surface area (Å²) in [4.78, 5) is 0. The number of rotatable bonds is 0. The molecule has 0 radical (unpaired) electrons. The molecule has 2 aliphatic rings. The molecule has 8 rings (SSSR count). The standard InChI is InChI=1S/C30H16BBr/c32-26-13-5-12-25-29(26)23-16-18-6-1-2-9-19(18)21-14-15-22-20-10-3-7-17-8-4-11-24(27(17)20)31(25)30(22)28(21)23/h1-16H. The Balaban J connectivity index is 1.70. The molecule has 2 aliphatic heterocycles. The average molecular weight is 467 g/mol. The first-order valence-electron chi connectivity index (χ1n) is 11.1. The zero-order valence-electron chi connectivity index (χ0n) is 17.2. The number of hydrogen-bond acceptors (Lipinski definition) is 0. The maximum absolute atomic E-state index is 3.92. The maximum Gasteiger partial charge on any atom is 0.244 e. The summed E-state index contributed by atoms with van der Waals surface area (Å²) in [7, 11) is 0. The summed E-state index contributed by atoms with van der Waals surface area (Å²) in [5.41, 5.74) is 9.74. The predicted octanol–water partition coefficient (Wildman–Crippen LogP) is 6.39. The van der Waals surface area contributed by atoms with E-state index in [2.05, 4.69) is 113 Å². The summed E-state index contributed by atoms with van der Waals surface area (Å²) in [5, 5.41) is 8.13. The largest absolute Gasteiger partial charge is 0.244 e. The molecule has 0 fully saturated rings. The second-order valence-electron chi connectivity index (χ2n) is 8.98. The van der Waals surface area contributed by atoms with Gasteiger partial charge < -0.3 is 0 Å². The van der Waals surface area contributed by atoms with E-state index in [1.165, 1.54) is 75.4 Å². The van der Waals surface area contributed by atoms with Gasteiger partial charge in [0, 0.05) is 4.47 Å². The van der Waals surface area contributed by atoms with Gasteiger partial charge in [0.1, 0.15) is 0 Å². The molecule has 0 saturated heterocycles. The molecule has 6 aromatic carbocycles. The van der Waals surface area contributed by atoms with Gasteiger partial charge in [0.15, 0.2) is 0 Å². The van der Waals surface area contributed by atoms with E-state index in [1.54, 1.807) is 0 Å². The number of fused-ring (bicyclic) bond motifs is 7. The Morgan fingerprint density at radius 2 is 1.31 bits per heavy atom. The van der Waals surface area contributed by atoms with Crippen LogP contribution < -0.4 is 16.4 Å². The van der Waals surface area contributed by atoms with Gasteiger partial charge >= 0.3 is 0 Å². The molecule has 0 N–H and O–H groups in total. The summed E-state index contributed by atoms with van der Waals surface area (Å²) in [6.07, 6.45) is 0. The molecule has 0 atom stereocenters. The first-order valence-corrected chi connectivity index (χ1v) is 11.9.